The predicted octanol–water partition coefficient (Wildman–Crippen LogP) is 5.21. The summed E-state index contributed by atoms with van der Waals surface area (Å²) in [7, 11) is 0. The smallest absolute Gasteiger partial charge is 0.175 e. The van der Waals surface area contributed by atoms with Crippen LogP contribution in [0.15, 0.2) is 36.4 Å². The molecule has 2 aromatic carbocycles. The van der Waals surface area contributed by atoms with Crippen LogP contribution in [0.1, 0.15) is 5.01 Å². The molecule has 0 fully saturated rings. The van der Waals surface area contributed by atoms with E-state index in [9.17, 15) is 4.39 Å². The van der Waals surface area contributed by atoms with Crippen LogP contribution in [0.4, 0.5) is 15.8 Å². The number of nitrogens with one attached hydrogen (secondary N) is 2. The van der Waals surface area contributed by atoms with Crippen LogP contribution in [-0.4, -0.2) is 10.1 Å². The van der Waals surface area contributed by atoms with Gasteiger partial charge in [-0.3, -0.25) is 0 Å². The van der Waals surface area contributed by atoms with E-state index in [0.717, 1.165) is 20.9 Å². The van der Waals surface area contributed by atoms with Gasteiger partial charge in [0.2, 0.25) is 0 Å². The maximum absolute atomic E-state index is 13.1. The Morgan fingerprint density at radius 3 is 2.59 bits per heavy atom. The summed E-state index contributed by atoms with van der Waals surface area (Å²) in [5.74, 6) is -0.461. The number of benzene rings is 2. The van der Waals surface area contributed by atoms with E-state index in [2.05, 4.69) is 15.6 Å². The number of aryl methyl sites for hydroxylation is 1. The topological polar surface area (TPSA) is 37.0 Å². The zero-order valence-corrected chi connectivity index (χ0v) is 13.9. The molecule has 0 radical (unpaired) electrons. The highest BCUT2D eigenvalue weighted by molar-refractivity contribution is 7.80. The maximum Gasteiger partial charge on any atom is 0.175 e. The number of nitrogens with zero attached hydrogens (tertiary/aromatic N) is 1. The molecule has 0 aliphatic carbocycles. The molecule has 0 bridgehead atoms. The van der Waals surface area contributed by atoms with E-state index in [4.69, 9.17) is 23.8 Å². The lowest BCUT2D eigenvalue weighted by Gasteiger charge is -2.11. The lowest BCUT2D eigenvalue weighted by atomic mass is 10.3. The summed E-state index contributed by atoms with van der Waals surface area (Å²) in [4.78, 5) is 4.41. The van der Waals surface area contributed by atoms with Crippen molar-refractivity contribution >= 4 is 61.9 Å². The van der Waals surface area contributed by atoms with Crippen LogP contribution in [0.5, 0.6) is 0 Å². The zero-order chi connectivity index (χ0) is 15.7. The van der Waals surface area contributed by atoms with Crippen molar-refractivity contribution < 1.29 is 4.39 Å². The molecular weight excluding hydrogens is 341 g/mol. The van der Waals surface area contributed by atoms with Gasteiger partial charge in [0.05, 0.1) is 20.2 Å². The van der Waals surface area contributed by atoms with Crippen LogP contribution in [0.2, 0.25) is 5.02 Å². The molecule has 0 spiro atoms. The van der Waals surface area contributed by atoms with Gasteiger partial charge in [0.1, 0.15) is 5.82 Å². The summed E-state index contributed by atoms with van der Waals surface area (Å²) in [5, 5.41) is 7.54. The molecule has 3 aromatic rings. The van der Waals surface area contributed by atoms with Gasteiger partial charge in [-0.15, -0.1) is 11.3 Å². The van der Waals surface area contributed by atoms with Crippen LogP contribution in [-0.2, 0) is 0 Å². The number of rotatable bonds is 2. The minimum absolute atomic E-state index is 0.0503. The van der Waals surface area contributed by atoms with Gasteiger partial charge in [-0.25, -0.2) is 9.37 Å². The minimum Gasteiger partial charge on any atom is -0.332 e. The summed E-state index contributed by atoms with van der Waals surface area (Å²) in [6.07, 6.45) is 0. The molecule has 0 saturated heterocycles. The fourth-order valence-electron chi connectivity index (χ4n) is 1.98. The molecule has 3 nitrogen and oxygen atoms in total. The number of halogens is 2. The van der Waals surface area contributed by atoms with Gasteiger partial charge in [0.25, 0.3) is 0 Å². The molecule has 0 aliphatic rings. The monoisotopic (exact) mass is 351 g/mol. The number of anilines is 2. The van der Waals surface area contributed by atoms with Crippen molar-refractivity contribution in [3.05, 3.63) is 52.2 Å². The first-order chi connectivity index (χ1) is 10.5. The van der Waals surface area contributed by atoms with Gasteiger partial charge in [0.15, 0.2) is 5.11 Å². The van der Waals surface area contributed by atoms with Gasteiger partial charge >= 0.3 is 0 Å². The standard InChI is InChI=1S/C15H11ClFN3S2/c1-8-18-13-5-3-10(7-14(13)22-8)20-15(21)19-9-2-4-12(17)11(16)6-9/h2-7H,1H3,(H2,19,20,21). The maximum atomic E-state index is 13.1. The SMILES string of the molecule is Cc1nc2ccc(NC(=S)Nc3ccc(F)c(Cl)c3)cc2s1. The van der Waals surface area contributed by atoms with Crippen molar-refractivity contribution in [2.45, 2.75) is 6.92 Å². The zero-order valence-electron chi connectivity index (χ0n) is 11.5. The third-order valence-electron chi connectivity index (χ3n) is 2.93. The molecule has 1 aromatic heterocycles. The molecule has 22 heavy (non-hydrogen) atoms. The van der Waals surface area contributed by atoms with Crippen LogP contribution >= 0.6 is 35.2 Å². The van der Waals surface area contributed by atoms with E-state index < -0.39 is 5.82 Å². The Kier molecular flexibility index (Phi) is 4.24. The van der Waals surface area contributed by atoms with Gasteiger partial charge in [0, 0.05) is 11.4 Å². The average Bonchev–Trinajstić information content (AvgIpc) is 2.82. The van der Waals surface area contributed by atoms with Gasteiger partial charge < -0.3 is 10.6 Å². The molecule has 0 unspecified atom stereocenters. The second kappa shape index (κ2) is 6.16. The molecule has 0 atom stereocenters. The number of thiocarbonyl (C=S) groups is 1. The van der Waals surface area contributed by atoms with Gasteiger partial charge in [-0.2, -0.15) is 0 Å². The molecule has 112 valence electrons. The molecule has 2 N–H and O–H groups in total. The molecular formula is C15H11ClFN3S2. The second-order valence-electron chi connectivity index (χ2n) is 4.62. The number of fused-ring (bicyclic) bond motifs is 1. The molecule has 3 rings (SSSR count). The molecule has 7 heteroatoms. The van der Waals surface area contributed by atoms with Gasteiger partial charge in [-0.05, 0) is 55.5 Å². The molecule has 0 amide bonds. The first kappa shape index (κ1) is 15.1. The highest BCUT2D eigenvalue weighted by Gasteiger charge is 2.05. The Bertz CT molecular complexity index is 863. The highest BCUT2D eigenvalue weighted by atomic mass is 35.5. The number of thiazole rings is 1. The van der Waals surface area contributed by atoms with E-state index in [-0.39, 0.29) is 5.02 Å². The van der Waals surface area contributed by atoms with E-state index in [1.165, 1.54) is 12.1 Å². The van der Waals surface area contributed by atoms with Gasteiger partial charge in [-0.1, -0.05) is 11.6 Å². The first-order valence-corrected chi connectivity index (χ1v) is 8.02. The molecule has 1 heterocycles. The lowest BCUT2D eigenvalue weighted by molar-refractivity contribution is 0.628. The Morgan fingerprint density at radius 2 is 1.86 bits per heavy atom. The summed E-state index contributed by atoms with van der Waals surface area (Å²) in [6.45, 7) is 1.97. The van der Waals surface area contributed by atoms with E-state index in [0.29, 0.717) is 10.8 Å². The van der Waals surface area contributed by atoms with Crippen LogP contribution in [0.3, 0.4) is 0 Å². The fraction of sp³-hybridized carbons (Fsp3) is 0.0667. The quantitative estimate of drug-likeness (QED) is 0.622. The van der Waals surface area contributed by atoms with Crippen molar-refractivity contribution in [2.75, 3.05) is 10.6 Å². The van der Waals surface area contributed by atoms with Crippen molar-refractivity contribution in [1.29, 1.82) is 0 Å². The van der Waals surface area contributed by atoms with Crippen LogP contribution < -0.4 is 10.6 Å². The van der Waals surface area contributed by atoms with E-state index >= 15 is 0 Å². The lowest BCUT2D eigenvalue weighted by Crippen LogP contribution is -2.19. The summed E-state index contributed by atoms with van der Waals surface area (Å²) >= 11 is 12.6. The third kappa shape index (κ3) is 3.35. The van der Waals surface area contributed by atoms with E-state index in [1.54, 1.807) is 17.4 Å². The minimum atomic E-state index is -0.461. The Balaban J connectivity index is 1.73. The molecule has 0 saturated carbocycles. The van der Waals surface area contributed by atoms with Crippen molar-refractivity contribution in [3.63, 3.8) is 0 Å². The fourth-order valence-corrected chi connectivity index (χ4v) is 3.27. The van der Waals surface area contributed by atoms with Crippen molar-refractivity contribution in [2.24, 2.45) is 0 Å². The Labute approximate surface area is 141 Å². The number of aromatic nitrogens is 1. The molecule has 0 aliphatic heterocycles. The Hall–Kier alpha value is -1.76. The van der Waals surface area contributed by atoms with E-state index in [1.807, 2.05) is 25.1 Å². The summed E-state index contributed by atoms with van der Waals surface area (Å²) in [6, 6.07) is 10.2. The van der Waals surface area contributed by atoms with Crippen LogP contribution in [0, 0.1) is 12.7 Å². The van der Waals surface area contributed by atoms with Crippen molar-refractivity contribution in [3.8, 4) is 0 Å². The van der Waals surface area contributed by atoms with Crippen LogP contribution in [0.25, 0.3) is 10.2 Å². The first-order valence-electron chi connectivity index (χ1n) is 6.41. The third-order valence-corrected chi connectivity index (χ3v) is 4.36. The van der Waals surface area contributed by atoms with Crippen molar-refractivity contribution in [1.82, 2.24) is 4.98 Å². The highest BCUT2D eigenvalue weighted by Crippen LogP contribution is 2.25. The predicted molar refractivity (Wildman–Crippen MR) is 95.6 cm³/mol. The Morgan fingerprint density at radius 1 is 1.18 bits per heavy atom. The average molecular weight is 352 g/mol. The number of hydrogen-bond acceptors (Lipinski definition) is 3. The summed E-state index contributed by atoms with van der Waals surface area (Å²) in [5.41, 5.74) is 2.46. The number of hydrogen-bond donors (Lipinski definition) is 2. The largest absolute Gasteiger partial charge is 0.332 e. The summed E-state index contributed by atoms with van der Waals surface area (Å²) < 4.78 is 14.2. The second-order valence-corrected chi connectivity index (χ2v) is 6.67. The normalized spacial score (nSPS) is 10.7.